The van der Waals surface area contributed by atoms with Crippen molar-refractivity contribution >= 4 is 11.6 Å². The van der Waals surface area contributed by atoms with Gasteiger partial charge in [-0.15, -0.1) is 0 Å². The van der Waals surface area contributed by atoms with Crippen LogP contribution in [0.15, 0.2) is 30.3 Å². The molecule has 1 atom stereocenters. The van der Waals surface area contributed by atoms with Gasteiger partial charge in [-0.1, -0.05) is 18.2 Å². The third-order valence-corrected chi connectivity index (χ3v) is 2.36. The van der Waals surface area contributed by atoms with E-state index in [2.05, 4.69) is 0 Å². The zero-order valence-corrected chi connectivity index (χ0v) is 9.24. The summed E-state index contributed by atoms with van der Waals surface area (Å²) in [5, 5.41) is 0. The van der Waals surface area contributed by atoms with E-state index in [1.807, 2.05) is 0 Å². The fourth-order valence-electron chi connectivity index (χ4n) is 1.42. The van der Waals surface area contributed by atoms with E-state index in [1.54, 1.807) is 18.2 Å². The molecule has 1 aromatic rings. The summed E-state index contributed by atoms with van der Waals surface area (Å²) in [6, 6.07) is 6.14. The molecule has 0 saturated carbocycles. The molecular weight excluding hydrogens is 233 g/mol. The highest BCUT2D eigenvalue weighted by Crippen LogP contribution is 2.28. The largest absolute Gasteiger partial charge is 0.408 e. The number of halogens is 3. The van der Waals surface area contributed by atoms with Crippen LogP contribution >= 0.6 is 0 Å². The first-order valence-corrected chi connectivity index (χ1v) is 4.99. The lowest BCUT2D eigenvalue weighted by atomic mass is 10.2. The van der Waals surface area contributed by atoms with Crippen molar-refractivity contribution in [3.8, 4) is 0 Å². The molecule has 0 aliphatic rings. The molecule has 0 bridgehead atoms. The molecule has 1 aromatic carbocycles. The van der Waals surface area contributed by atoms with Crippen LogP contribution in [0.1, 0.15) is 6.92 Å². The van der Waals surface area contributed by atoms with E-state index in [9.17, 15) is 18.0 Å². The Hall–Kier alpha value is -1.72. The van der Waals surface area contributed by atoms with Gasteiger partial charge in [0.25, 0.3) is 0 Å². The minimum Gasteiger partial charge on any atom is -0.368 e. The van der Waals surface area contributed by atoms with E-state index in [0.717, 1.165) is 11.8 Å². The minimum absolute atomic E-state index is 0.316. The van der Waals surface area contributed by atoms with Crippen LogP contribution < -0.4 is 10.6 Å². The number of anilines is 1. The van der Waals surface area contributed by atoms with E-state index in [0.29, 0.717) is 5.69 Å². The zero-order chi connectivity index (χ0) is 13.1. The monoisotopic (exact) mass is 246 g/mol. The maximum absolute atomic E-state index is 12.6. The molecule has 1 unspecified atom stereocenters. The third kappa shape index (κ3) is 3.65. The Morgan fingerprint density at radius 2 is 1.88 bits per heavy atom. The molecule has 0 aliphatic carbocycles. The Labute approximate surface area is 97.0 Å². The van der Waals surface area contributed by atoms with E-state index in [-0.39, 0.29) is 0 Å². The molecule has 0 radical (unpaired) electrons. The molecule has 17 heavy (non-hydrogen) atoms. The lowest BCUT2D eigenvalue weighted by molar-refractivity contribution is -0.145. The first kappa shape index (κ1) is 13.3. The van der Waals surface area contributed by atoms with Crippen LogP contribution in [-0.4, -0.2) is 24.7 Å². The van der Waals surface area contributed by atoms with Gasteiger partial charge < -0.3 is 10.6 Å². The van der Waals surface area contributed by atoms with Gasteiger partial charge in [0.05, 0.1) is 6.54 Å². The van der Waals surface area contributed by atoms with Gasteiger partial charge in [-0.05, 0) is 19.1 Å². The van der Waals surface area contributed by atoms with Gasteiger partial charge in [0.2, 0.25) is 5.91 Å². The molecule has 0 saturated heterocycles. The number of nitrogens with zero attached hydrogens (tertiary/aromatic N) is 1. The highest BCUT2D eigenvalue weighted by atomic mass is 19.4. The summed E-state index contributed by atoms with van der Waals surface area (Å²) in [6.45, 7) is 0.528. The molecule has 0 spiro atoms. The van der Waals surface area contributed by atoms with E-state index in [4.69, 9.17) is 5.73 Å². The standard InChI is InChI=1S/C11H13F3N2O/c1-8(11(12,13)14)16(7-10(15)17)9-5-3-2-4-6-9/h2-6,8H,7H2,1H3,(H2,15,17). The second-order valence-corrected chi connectivity index (χ2v) is 3.65. The van der Waals surface area contributed by atoms with Crippen molar-refractivity contribution in [3.05, 3.63) is 30.3 Å². The van der Waals surface area contributed by atoms with Crippen LogP contribution in [0.25, 0.3) is 0 Å². The van der Waals surface area contributed by atoms with Crippen molar-refractivity contribution in [2.24, 2.45) is 5.73 Å². The third-order valence-electron chi connectivity index (χ3n) is 2.36. The van der Waals surface area contributed by atoms with Crippen molar-refractivity contribution in [1.29, 1.82) is 0 Å². The number of benzene rings is 1. The smallest absolute Gasteiger partial charge is 0.368 e. The predicted octanol–water partition coefficient (Wildman–Crippen LogP) is 1.93. The molecule has 3 nitrogen and oxygen atoms in total. The second-order valence-electron chi connectivity index (χ2n) is 3.65. The van der Waals surface area contributed by atoms with Gasteiger partial charge in [0.15, 0.2) is 0 Å². The topological polar surface area (TPSA) is 46.3 Å². The summed E-state index contributed by atoms with van der Waals surface area (Å²) >= 11 is 0. The van der Waals surface area contributed by atoms with E-state index >= 15 is 0 Å². The van der Waals surface area contributed by atoms with Gasteiger partial charge in [0, 0.05) is 5.69 Å². The van der Waals surface area contributed by atoms with Crippen LogP contribution in [-0.2, 0) is 4.79 Å². The van der Waals surface area contributed by atoms with Gasteiger partial charge in [0.1, 0.15) is 6.04 Å². The van der Waals surface area contributed by atoms with Crippen LogP contribution in [0.4, 0.5) is 18.9 Å². The van der Waals surface area contributed by atoms with Crippen LogP contribution in [0.3, 0.4) is 0 Å². The molecule has 6 heteroatoms. The quantitative estimate of drug-likeness (QED) is 0.882. The number of hydrogen-bond donors (Lipinski definition) is 1. The number of carbonyl (C=O) groups is 1. The second kappa shape index (κ2) is 5.07. The number of primary amides is 1. The Morgan fingerprint density at radius 1 is 1.35 bits per heavy atom. The molecule has 0 aliphatic heterocycles. The first-order valence-electron chi connectivity index (χ1n) is 4.99. The Morgan fingerprint density at radius 3 is 2.29 bits per heavy atom. The molecule has 94 valence electrons. The number of alkyl halides is 3. The molecule has 2 N–H and O–H groups in total. The van der Waals surface area contributed by atoms with Crippen molar-refractivity contribution in [2.45, 2.75) is 19.1 Å². The average molecular weight is 246 g/mol. The Kier molecular flexibility index (Phi) is 3.98. The Bertz CT molecular complexity index is 378. The number of amides is 1. The number of carbonyl (C=O) groups excluding carboxylic acids is 1. The van der Waals surface area contributed by atoms with Crippen molar-refractivity contribution < 1.29 is 18.0 Å². The average Bonchev–Trinajstić information content (AvgIpc) is 2.24. The van der Waals surface area contributed by atoms with Crippen LogP contribution in [0.2, 0.25) is 0 Å². The summed E-state index contributed by atoms with van der Waals surface area (Å²) in [4.78, 5) is 11.8. The molecule has 1 amide bonds. The molecule has 1 rings (SSSR count). The van der Waals surface area contributed by atoms with E-state index in [1.165, 1.54) is 12.1 Å². The summed E-state index contributed by atoms with van der Waals surface area (Å²) in [5.41, 5.74) is 5.28. The highest BCUT2D eigenvalue weighted by Gasteiger charge is 2.40. The fraction of sp³-hybridized carbons (Fsp3) is 0.364. The number of para-hydroxylation sites is 1. The van der Waals surface area contributed by atoms with Gasteiger partial charge in [-0.3, -0.25) is 4.79 Å². The summed E-state index contributed by atoms with van der Waals surface area (Å²) in [6.07, 6.45) is -4.41. The SMILES string of the molecule is CC(N(CC(N)=O)c1ccccc1)C(F)(F)F. The van der Waals surface area contributed by atoms with E-state index < -0.39 is 24.7 Å². The zero-order valence-electron chi connectivity index (χ0n) is 9.24. The van der Waals surface area contributed by atoms with Crippen molar-refractivity contribution in [2.75, 3.05) is 11.4 Å². The normalized spacial score (nSPS) is 13.2. The summed E-state index contributed by atoms with van der Waals surface area (Å²) in [7, 11) is 0. The predicted molar refractivity (Wildman–Crippen MR) is 58.5 cm³/mol. The molecule has 0 aromatic heterocycles. The van der Waals surface area contributed by atoms with Gasteiger partial charge >= 0.3 is 6.18 Å². The van der Waals surface area contributed by atoms with Crippen molar-refractivity contribution in [1.82, 2.24) is 0 Å². The number of rotatable bonds is 4. The first-order chi connectivity index (χ1) is 7.82. The van der Waals surface area contributed by atoms with Crippen LogP contribution in [0.5, 0.6) is 0 Å². The van der Waals surface area contributed by atoms with Gasteiger partial charge in [-0.2, -0.15) is 13.2 Å². The highest BCUT2D eigenvalue weighted by molar-refractivity contribution is 5.79. The number of nitrogens with two attached hydrogens (primary N) is 1. The summed E-state index contributed by atoms with van der Waals surface area (Å²) < 4.78 is 37.9. The van der Waals surface area contributed by atoms with Crippen LogP contribution in [0, 0.1) is 0 Å². The molecule has 0 heterocycles. The molecule has 0 fully saturated rings. The summed E-state index contributed by atoms with van der Waals surface area (Å²) in [5.74, 6) is -0.801. The lowest BCUT2D eigenvalue weighted by Gasteiger charge is -2.31. The lowest BCUT2D eigenvalue weighted by Crippen LogP contribution is -2.47. The van der Waals surface area contributed by atoms with Crippen molar-refractivity contribution in [3.63, 3.8) is 0 Å². The molecular formula is C11H13F3N2O. The van der Waals surface area contributed by atoms with Gasteiger partial charge in [-0.25, -0.2) is 0 Å². The number of hydrogen-bond acceptors (Lipinski definition) is 2. The minimum atomic E-state index is -4.41. The maximum atomic E-state index is 12.6. The maximum Gasteiger partial charge on any atom is 0.408 e. The Balaban J connectivity index is 3.00. The fourth-order valence-corrected chi connectivity index (χ4v) is 1.42.